The van der Waals surface area contributed by atoms with Crippen LogP contribution in [0.4, 0.5) is 0 Å². The summed E-state index contributed by atoms with van der Waals surface area (Å²) in [5.41, 5.74) is 4.61. The Balaban J connectivity index is 5.43. The van der Waals surface area contributed by atoms with Crippen LogP contribution in [0.2, 0.25) is 0 Å². The van der Waals surface area contributed by atoms with Gasteiger partial charge in [-0.2, -0.15) is 0 Å². The molecule has 1 unspecified atom stereocenters. The molecule has 0 spiro atoms. The van der Waals surface area contributed by atoms with E-state index in [4.69, 9.17) is 0 Å². The molecule has 1 heteroatoms. The van der Waals surface area contributed by atoms with E-state index < -0.39 is 0 Å². The van der Waals surface area contributed by atoms with Crippen LogP contribution in [0.5, 0.6) is 0 Å². The molecule has 0 heterocycles. The van der Waals surface area contributed by atoms with Gasteiger partial charge in [-0.3, -0.25) is 4.99 Å². The highest BCUT2D eigenvalue weighted by Crippen LogP contribution is 2.24. The zero-order chi connectivity index (χ0) is 12.7. The van der Waals surface area contributed by atoms with E-state index in [1.54, 1.807) is 0 Å². The Labute approximate surface area is 101 Å². The summed E-state index contributed by atoms with van der Waals surface area (Å²) in [6, 6.07) is 0. The molecule has 0 aliphatic carbocycles. The van der Waals surface area contributed by atoms with Gasteiger partial charge in [0.25, 0.3) is 0 Å². The third-order valence-corrected chi connectivity index (χ3v) is 2.54. The molecule has 0 amide bonds. The second-order valence-electron chi connectivity index (χ2n) is 4.48. The largest absolute Gasteiger partial charge is 0.261 e. The van der Waals surface area contributed by atoms with Crippen molar-refractivity contribution in [3.05, 3.63) is 35.1 Å². The molecule has 0 aliphatic heterocycles. The van der Waals surface area contributed by atoms with E-state index in [1.165, 1.54) is 11.1 Å². The number of hydrogen-bond acceptors (Lipinski definition) is 1. The monoisotopic (exact) mass is 219 g/mol. The summed E-state index contributed by atoms with van der Waals surface area (Å²) in [6.45, 7) is 16.7. The highest BCUT2D eigenvalue weighted by molar-refractivity contribution is 5.59. The molecule has 0 bridgehead atoms. The fourth-order valence-electron chi connectivity index (χ4n) is 1.62. The summed E-state index contributed by atoms with van der Waals surface area (Å²) in [4.78, 5) is 4.47. The Morgan fingerprint density at radius 3 is 2.19 bits per heavy atom. The van der Waals surface area contributed by atoms with Crippen molar-refractivity contribution >= 4 is 6.21 Å². The maximum Gasteiger partial charge on any atom is 0.0662 e. The van der Waals surface area contributed by atoms with E-state index in [0.29, 0.717) is 5.92 Å². The van der Waals surface area contributed by atoms with Gasteiger partial charge in [0.2, 0.25) is 0 Å². The average molecular weight is 219 g/mol. The highest BCUT2D eigenvalue weighted by atomic mass is 14.7. The first-order valence-corrected chi connectivity index (χ1v) is 5.98. The molecule has 0 N–H and O–H groups in total. The van der Waals surface area contributed by atoms with Crippen LogP contribution in [0.25, 0.3) is 0 Å². The van der Waals surface area contributed by atoms with Crippen molar-refractivity contribution in [1.29, 1.82) is 0 Å². The van der Waals surface area contributed by atoms with Crippen LogP contribution in [0.15, 0.2) is 40.1 Å². The van der Waals surface area contributed by atoms with Gasteiger partial charge in [0, 0.05) is 11.8 Å². The minimum Gasteiger partial charge on any atom is -0.261 e. The maximum absolute atomic E-state index is 4.47. The van der Waals surface area contributed by atoms with Crippen LogP contribution in [0.1, 0.15) is 48.0 Å². The van der Waals surface area contributed by atoms with Gasteiger partial charge in [0.15, 0.2) is 0 Å². The summed E-state index contributed by atoms with van der Waals surface area (Å²) >= 11 is 0. The lowest BCUT2D eigenvalue weighted by Gasteiger charge is -2.12. The zero-order valence-electron chi connectivity index (χ0n) is 11.6. The van der Waals surface area contributed by atoms with Gasteiger partial charge in [0.1, 0.15) is 0 Å². The minimum atomic E-state index is 0.549. The third kappa shape index (κ3) is 4.61. The summed E-state index contributed by atoms with van der Waals surface area (Å²) in [7, 11) is 0. The van der Waals surface area contributed by atoms with E-state index in [9.17, 15) is 0 Å². The summed E-state index contributed by atoms with van der Waals surface area (Å²) in [5.74, 6) is 0.549. The first-order valence-electron chi connectivity index (χ1n) is 5.98. The Kier molecular flexibility index (Phi) is 6.71. The molecule has 0 aromatic carbocycles. The Morgan fingerprint density at radius 2 is 1.88 bits per heavy atom. The van der Waals surface area contributed by atoms with E-state index >= 15 is 0 Å². The van der Waals surface area contributed by atoms with Crippen molar-refractivity contribution in [2.75, 3.05) is 0 Å². The van der Waals surface area contributed by atoms with Gasteiger partial charge in [-0.1, -0.05) is 38.5 Å². The molecule has 0 aliphatic rings. The fraction of sp³-hybridized carbons (Fsp3) is 0.533. The predicted molar refractivity (Wildman–Crippen MR) is 74.9 cm³/mol. The molecule has 0 rings (SSSR count). The SMILES string of the molecule is C=C(C)C(=C(C)C)/C(=C\C(C)CC)N=CC. The highest BCUT2D eigenvalue weighted by Gasteiger charge is 2.08. The molecule has 0 aromatic rings. The van der Waals surface area contributed by atoms with Crippen molar-refractivity contribution < 1.29 is 0 Å². The predicted octanol–water partition coefficient (Wildman–Crippen LogP) is 4.92. The first-order chi connectivity index (χ1) is 7.43. The number of nitrogens with zero attached hydrogens (tertiary/aromatic N) is 1. The second kappa shape index (κ2) is 7.21. The minimum absolute atomic E-state index is 0.549. The van der Waals surface area contributed by atoms with Crippen molar-refractivity contribution in [2.45, 2.75) is 48.0 Å². The van der Waals surface area contributed by atoms with Crippen molar-refractivity contribution in [3.8, 4) is 0 Å². The second-order valence-corrected chi connectivity index (χ2v) is 4.48. The van der Waals surface area contributed by atoms with Crippen molar-refractivity contribution in [2.24, 2.45) is 10.9 Å². The van der Waals surface area contributed by atoms with Crippen molar-refractivity contribution in [1.82, 2.24) is 0 Å². The lowest BCUT2D eigenvalue weighted by Crippen LogP contribution is -1.96. The molecule has 0 fully saturated rings. The van der Waals surface area contributed by atoms with Gasteiger partial charge in [0.05, 0.1) is 5.70 Å². The van der Waals surface area contributed by atoms with Crippen LogP contribution < -0.4 is 0 Å². The Hall–Kier alpha value is -1.11. The fourth-order valence-corrected chi connectivity index (χ4v) is 1.62. The van der Waals surface area contributed by atoms with E-state index in [0.717, 1.165) is 17.7 Å². The number of allylic oxidation sites excluding steroid dienone is 3. The van der Waals surface area contributed by atoms with Crippen LogP contribution in [0, 0.1) is 5.92 Å². The van der Waals surface area contributed by atoms with Crippen molar-refractivity contribution in [3.63, 3.8) is 0 Å². The van der Waals surface area contributed by atoms with Gasteiger partial charge in [-0.15, -0.1) is 0 Å². The first kappa shape index (κ1) is 14.9. The zero-order valence-corrected chi connectivity index (χ0v) is 11.6. The summed E-state index contributed by atoms with van der Waals surface area (Å²) in [6.07, 6.45) is 5.21. The molecular weight excluding hydrogens is 194 g/mol. The van der Waals surface area contributed by atoms with Gasteiger partial charge >= 0.3 is 0 Å². The normalized spacial score (nSPS) is 14.0. The lowest BCUT2D eigenvalue weighted by atomic mass is 9.97. The molecule has 16 heavy (non-hydrogen) atoms. The Bertz CT molecular complexity index is 325. The van der Waals surface area contributed by atoms with Crippen LogP contribution >= 0.6 is 0 Å². The number of rotatable bonds is 5. The molecular formula is C15H25N. The average Bonchev–Trinajstić information content (AvgIpc) is 2.16. The van der Waals surface area contributed by atoms with E-state index in [-0.39, 0.29) is 0 Å². The van der Waals surface area contributed by atoms with Crippen LogP contribution in [0.3, 0.4) is 0 Å². The lowest BCUT2D eigenvalue weighted by molar-refractivity contribution is 0.692. The molecule has 0 saturated carbocycles. The molecule has 1 nitrogen and oxygen atoms in total. The van der Waals surface area contributed by atoms with Gasteiger partial charge in [-0.25, -0.2) is 0 Å². The smallest absolute Gasteiger partial charge is 0.0662 e. The quantitative estimate of drug-likeness (QED) is 0.460. The Morgan fingerprint density at radius 1 is 1.31 bits per heavy atom. The van der Waals surface area contributed by atoms with Gasteiger partial charge in [-0.05, 0) is 39.2 Å². The van der Waals surface area contributed by atoms with Crippen LogP contribution in [-0.2, 0) is 0 Å². The van der Waals surface area contributed by atoms with Crippen LogP contribution in [-0.4, -0.2) is 6.21 Å². The summed E-state index contributed by atoms with van der Waals surface area (Å²) < 4.78 is 0. The van der Waals surface area contributed by atoms with Gasteiger partial charge < -0.3 is 0 Å². The van der Waals surface area contributed by atoms with E-state index in [1.807, 2.05) is 20.1 Å². The number of aliphatic imine (C=N–C) groups is 1. The number of hydrogen-bond donors (Lipinski definition) is 0. The maximum atomic E-state index is 4.47. The standard InChI is InChI=1S/C15H25N/c1-8-13(7)10-14(16-9-2)15(11(3)4)12(5)6/h9-10,13H,3,8H2,1-2,4-7H3/b14-10+,16-9?. The summed E-state index contributed by atoms with van der Waals surface area (Å²) in [5, 5.41) is 0. The molecule has 0 saturated heterocycles. The molecule has 0 aromatic heterocycles. The molecule has 0 radical (unpaired) electrons. The topological polar surface area (TPSA) is 12.4 Å². The van der Waals surface area contributed by atoms with E-state index in [2.05, 4.69) is 45.3 Å². The third-order valence-electron chi connectivity index (χ3n) is 2.54. The molecule has 1 atom stereocenters. The molecule has 90 valence electrons.